The second-order valence-corrected chi connectivity index (χ2v) is 6.52. The summed E-state index contributed by atoms with van der Waals surface area (Å²) in [5, 5.41) is 4.19. The van der Waals surface area contributed by atoms with E-state index in [0.29, 0.717) is 22.6 Å². The number of rotatable bonds is 4. The van der Waals surface area contributed by atoms with E-state index in [4.69, 9.17) is 23.2 Å². The zero-order valence-electron chi connectivity index (χ0n) is 11.8. The molecule has 6 heteroatoms. The van der Waals surface area contributed by atoms with E-state index >= 15 is 0 Å². The van der Waals surface area contributed by atoms with E-state index in [1.807, 2.05) is 18.2 Å². The van der Waals surface area contributed by atoms with E-state index in [0.717, 1.165) is 44.7 Å². The van der Waals surface area contributed by atoms with Crippen molar-refractivity contribution < 1.29 is 4.79 Å². The summed E-state index contributed by atoms with van der Waals surface area (Å²) in [5.74, 6) is 0.153. The second-order valence-electron chi connectivity index (χ2n) is 5.70. The lowest BCUT2D eigenvalue weighted by Gasteiger charge is -2.35. The van der Waals surface area contributed by atoms with Gasteiger partial charge in [0.15, 0.2) is 0 Å². The van der Waals surface area contributed by atoms with Gasteiger partial charge in [-0.1, -0.05) is 23.2 Å². The molecule has 2 aliphatic rings. The molecule has 0 bridgehead atoms. The molecule has 1 aliphatic heterocycles. The maximum atomic E-state index is 11.8. The van der Waals surface area contributed by atoms with E-state index < -0.39 is 0 Å². The van der Waals surface area contributed by atoms with Gasteiger partial charge in [0, 0.05) is 37.9 Å². The zero-order chi connectivity index (χ0) is 14.8. The van der Waals surface area contributed by atoms with Crippen molar-refractivity contribution in [1.82, 2.24) is 10.2 Å². The van der Waals surface area contributed by atoms with Crippen molar-refractivity contribution in [2.75, 3.05) is 37.6 Å². The molecule has 4 nitrogen and oxygen atoms in total. The first-order chi connectivity index (χ1) is 10.1. The molecule has 21 heavy (non-hydrogen) atoms. The predicted octanol–water partition coefficient (Wildman–Crippen LogP) is 2.39. The van der Waals surface area contributed by atoms with Crippen molar-refractivity contribution in [3.05, 3.63) is 28.2 Å². The standard InChI is InChI=1S/C15H19Cl2N3O/c16-13-4-3-12(9-14(13)17)20-7-5-19(6-8-20)10-15(21)18-11-1-2-11/h3-4,9,11H,1-2,5-8,10H2,(H,18,21). The minimum atomic E-state index is 0.153. The maximum absolute atomic E-state index is 11.8. The Morgan fingerprint density at radius 2 is 1.86 bits per heavy atom. The SMILES string of the molecule is O=C(CN1CCN(c2ccc(Cl)c(Cl)c2)CC1)NC1CC1. The molecular formula is C15H19Cl2N3O. The summed E-state index contributed by atoms with van der Waals surface area (Å²) in [5.41, 5.74) is 1.09. The average Bonchev–Trinajstić information content (AvgIpc) is 3.26. The van der Waals surface area contributed by atoms with Gasteiger partial charge in [-0.3, -0.25) is 9.69 Å². The zero-order valence-corrected chi connectivity index (χ0v) is 13.3. The lowest BCUT2D eigenvalue weighted by molar-refractivity contribution is -0.122. The van der Waals surface area contributed by atoms with Gasteiger partial charge >= 0.3 is 0 Å². The Morgan fingerprint density at radius 1 is 1.14 bits per heavy atom. The summed E-state index contributed by atoms with van der Waals surface area (Å²) < 4.78 is 0. The van der Waals surface area contributed by atoms with Crippen molar-refractivity contribution in [3.63, 3.8) is 0 Å². The van der Waals surface area contributed by atoms with Crippen molar-refractivity contribution in [2.24, 2.45) is 0 Å². The monoisotopic (exact) mass is 327 g/mol. The fourth-order valence-corrected chi connectivity index (χ4v) is 2.84. The maximum Gasteiger partial charge on any atom is 0.234 e. The highest BCUT2D eigenvalue weighted by Gasteiger charge is 2.25. The fourth-order valence-electron chi connectivity index (χ4n) is 2.55. The summed E-state index contributed by atoms with van der Waals surface area (Å²) in [6.45, 7) is 4.08. The summed E-state index contributed by atoms with van der Waals surface area (Å²) >= 11 is 12.0. The number of benzene rings is 1. The van der Waals surface area contributed by atoms with Gasteiger partial charge in [0.25, 0.3) is 0 Å². The summed E-state index contributed by atoms with van der Waals surface area (Å²) in [6.07, 6.45) is 2.27. The van der Waals surface area contributed by atoms with Gasteiger partial charge in [-0.2, -0.15) is 0 Å². The van der Waals surface area contributed by atoms with E-state index in [-0.39, 0.29) is 5.91 Å². The normalized spacial score (nSPS) is 19.6. The first kappa shape index (κ1) is 14.9. The van der Waals surface area contributed by atoms with Gasteiger partial charge in [0.1, 0.15) is 0 Å². The van der Waals surface area contributed by atoms with E-state index in [1.165, 1.54) is 0 Å². The molecule has 1 aliphatic carbocycles. The molecule has 2 fully saturated rings. The van der Waals surface area contributed by atoms with Crippen molar-refractivity contribution in [3.8, 4) is 0 Å². The van der Waals surface area contributed by atoms with Crippen LogP contribution in [0.25, 0.3) is 0 Å². The van der Waals surface area contributed by atoms with Crippen molar-refractivity contribution in [2.45, 2.75) is 18.9 Å². The summed E-state index contributed by atoms with van der Waals surface area (Å²) in [4.78, 5) is 16.3. The minimum Gasteiger partial charge on any atom is -0.369 e. The number of nitrogens with zero attached hydrogens (tertiary/aromatic N) is 2. The van der Waals surface area contributed by atoms with Crippen LogP contribution in [-0.4, -0.2) is 49.6 Å². The number of hydrogen-bond donors (Lipinski definition) is 1. The molecule has 1 saturated carbocycles. The van der Waals surface area contributed by atoms with Crippen LogP contribution in [0.3, 0.4) is 0 Å². The predicted molar refractivity (Wildman–Crippen MR) is 86.3 cm³/mol. The largest absolute Gasteiger partial charge is 0.369 e. The number of anilines is 1. The van der Waals surface area contributed by atoms with E-state index in [9.17, 15) is 4.79 Å². The van der Waals surface area contributed by atoms with Crippen LogP contribution in [0.1, 0.15) is 12.8 Å². The molecule has 114 valence electrons. The highest BCUT2D eigenvalue weighted by atomic mass is 35.5. The number of amides is 1. The molecular weight excluding hydrogens is 309 g/mol. The number of hydrogen-bond acceptors (Lipinski definition) is 3. The Balaban J connectivity index is 1.49. The van der Waals surface area contributed by atoms with Gasteiger partial charge in [0.05, 0.1) is 16.6 Å². The quantitative estimate of drug-likeness (QED) is 0.922. The van der Waals surface area contributed by atoms with Crippen molar-refractivity contribution >= 4 is 34.8 Å². The van der Waals surface area contributed by atoms with Gasteiger partial charge < -0.3 is 10.2 Å². The van der Waals surface area contributed by atoms with Crippen LogP contribution in [0.15, 0.2) is 18.2 Å². The van der Waals surface area contributed by atoms with Crippen LogP contribution in [0.2, 0.25) is 10.0 Å². The first-order valence-electron chi connectivity index (χ1n) is 7.33. The highest BCUT2D eigenvalue weighted by molar-refractivity contribution is 6.42. The first-order valence-corrected chi connectivity index (χ1v) is 8.09. The Labute approximate surface area is 135 Å². The van der Waals surface area contributed by atoms with Gasteiger partial charge in [0.2, 0.25) is 5.91 Å². The molecule has 0 aromatic heterocycles. The molecule has 0 unspecified atom stereocenters. The van der Waals surface area contributed by atoms with Gasteiger partial charge in [-0.15, -0.1) is 0 Å². The number of carbonyl (C=O) groups is 1. The molecule has 3 rings (SSSR count). The third kappa shape index (κ3) is 4.02. The molecule has 1 amide bonds. The molecule has 0 atom stereocenters. The van der Waals surface area contributed by atoms with Crippen LogP contribution in [0.4, 0.5) is 5.69 Å². The average molecular weight is 328 g/mol. The van der Waals surface area contributed by atoms with Gasteiger partial charge in [-0.05, 0) is 31.0 Å². The minimum absolute atomic E-state index is 0.153. The van der Waals surface area contributed by atoms with Gasteiger partial charge in [-0.25, -0.2) is 0 Å². The van der Waals surface area contributed by atoms with Crippen LogP contribution < -0.4 is 10.2 Å². The Kier molecular flexibility index (Phi) is 4.57. The highest BCUT2D eigenvalue weighted by Crippen LogP contribution is 2.27. The molecule has 1 N–H and O–H groups in total. The molecule has 1 saturated heterocycles. The topological polar surface area (TPSA) is 35.6 Å². The van der Waals surface area contributed by atoms with Crippen molar-refractivity contribution in [1.29, 1.82) is 0 Å². The molecule has 0 radical (unpaired) electrons. The molecule has 0 spiro atoms. The smallest absolute Gasteiger partial charge is 0.234 e. The summed E-state index contributed by atoms with van der Waals surface area (Å²) in [7, 11) is 0. The lowest BCUT2D eigenvalue weighted by Crippen LogP contribution is -2.49. The third-order valence-electron chi connectivity index (χ3n) is 3.95. The van der Waals surface area contributed by atoms with Crippen LogP contribution in [-0.2, 0) is 4.79 Å². The molecule has 1 heterocycles. The number of piperazine rings is 1. The van der Waals surface area contributed by atoms with Crippen LogP contribution in [0, 0.1) is 0 Å². The van der Waals surface area contributed by atoms with E-state index in [2.05, 4.69) is 15.1 Å². The fraction of sp³-hybridized carbons (Fsp3) is 0.533. The van der Waals surface area contributed by atoms with E-state index in [1.54, 1.807) is 0 Å². The number of halogens is 2. The number of nitrogens with one attached hydrogen (secondary N) is 1. The third-order valence-corrected chi connectivity index (χ3v) is 4.69. The number of carbonyl (C=O) groups excluding carboxylic acids is 1. The Hall–Kier alpha value is -0.970. The molecule has 1 aromatic rings. The van der Waals surface area contributed by atoms with Crippen LogP contribution in [0.5, 0.6) is 0 Å². The van der Waals surface area contributed by atoms with Crippen LogP contribution >= 0.6 is 23.2 Å². The Morgan fingerprint density at radius 3 is 2.48 bits per heavy atom. The molecule has 1 aromatic carbocycles. The summed E-state index contributed by atoms with van der Waals surface area (Å²) in [6, 6.07) is 6.16. The Bertz CT molecular complexity index is 526. The lowest BCUT2D eigenvalue weighted by atomic mass is 10.2. The second kappa shape index (κ2) is 6.42.